The van der Waals surface area contributed by atoms with Gasteiger partial charge in [0.2, 0.25) is 0 Å². The van der Waals surface area contributed by atoms with Gasteiger partial charge < -0.3 is 18.9 Å². The second kappa shape index (κ2) is 6.26. The first-order valence-electron chi connectivity index (χ1n) is 5.67. The van der Waals surface area contributed by atoms with E-state index in [0.29, 0.717) is 0 Å². The first-order valence-corrected chi connectivity index (χ1v) is 5.67. The monoisotopic (exact) mass is 326 g/mol. The molecule has 4 atom stereocenters. The standard InChI is InChI=1S/C5H4F6O2.C5H8O3/c6-4(7,8)2-3(5(9,10)11)13-1-12-2;1-3-4(2)8-5(6)7-3/h2-3H,1H2;3-4H,1-2H3. The van der Waals surface area contributed by atoms with Crippen LogP contribution in [0.1, 0.15) is 13.8 Å². The highest BCUT2D eigenvalue weighted by atomic mass is 19.4. The molecule has 5 nitrogen and oxygen atoms in total. The third kappa shape index (κ3) is 4.92. The van der Waals surface area contributed by atoms with Gasteiger partial charge in [0.25, 0.3) is 0 Å². The molecular weight excluding hydrogens is 314 g/mol. The molecular formula is C10H12F6O5. The van der Waals surface area contributed by atoms with E-state index in [1.54, 1.807) is 13.8 Å². The van der Waals surface area contributed by atoms with E-state index in [1.165, 1.54) is 0 Å². The second-order valence-electron chi connectivity index (χ2n) is 4.27. The molecule has 0 aromatic heterocycles. The van der Waals surface area contributed by atoms with E-state index in [1.807, 2.05) is 0 Å². The van der Waals surface area contributed by atoms with Gasteiger partial charge in [-0.05, 0) is 13.8 Å². The van der Waals surface area contributed by atoms with Crippen molar-refractivity contribution in [3.63, 3.8) is 0 Å². The number of rotatable bonds is 0. The molecule has 11 heteroatoms. The first kappa shape index (κ1) is 17.8. The molecule has 0 saturated carbocycles. The van der Waals surface area contributed by atoms with Gasteiger partial charge in [0.05, 0.1) is 0 Å². The Hall–Kier alpha value is -1.23. The summed E-state index contributed by atoms with van der Waals surface area (Å²) in [5.41, 5.74) is 0. The van der Waals surface area contributed by atoms with Crippen molar-refractivity contribution >= 4 is 6.16 Å². The van der Waals surface area contributed by atoms with Crippen molar-refractivity contribution in [3.05, 3.63) is 0 Å². The van der Waals surface area contributed by atoms with E-state index < -0.39 is 37.5 Å². The average Bonchev–Trinajstić information content (AvgIpc) is 2.85. The number of carbonyl (C=O) groups is 1. The maximum Gasteiger partial charge on any atom is 0.509 e. The minimum atomic E-state index is -5.06. The van der Waals surface area contributed by atoms with Crippen LogP contribution in [0.2, 0.25) is 0 Å². The van der Waals surface area contributed by atoms with Crippen molar-refractivity contribution in [2.24, 2.45) is 0 Å². The van der Waals surface area contributed by atoms with Crippen molar-refractivity contribution < 1.29 is 50.1 Å². The van der Waals surface area contributed by atoms with Crippen LogP contribution in [0.4, 0.5) is 31.1 Å². The Morgan fingerprint density at radius 2 is 1.19 bits per heavy atom. The molecule has 0 aromatic carbocycles. The SMILES string of the molecule is CC1OC(=O)OC1C.FC(F)(F)C1OCOC1C(F)(F)F. The second-order valence-corrected chi connectivity index (χ2v) is 4.27. The molecule has 2 saturated heterocycles. The molecule has 0 radical (unpaired) electrons. The molecule has 21 heavy (non-hydrogen) atoms. The molecule has 0 amide bonds. The molecule has 2 rings (SSSR count). The Morgan fingerprint density at radius 1 is 0.857 bits per heavy atom. The van der Waals surface area contributed by atoms with Gasteiger partial charge in [-0.25, -0.2) is 4.79 Å². The molecule has 2 aliphatic heterocycles. The molecule has 0 aliphatic carbocycles. The van der Waals surface area contributed by atoms with Gasteiger partial charge in [0.1, 0.15) is 19.0 Å². The summed E-state index contributed by atoms with van der Waals surface area (Å²) in [6, 6.07) is 0. The summed E-state index contributed by atoms with van der Waals surface area (Å²) in [4.78, 5) is 10.2. The fourth-order valence-electron chi connectivity index (χ4n) is 1.42. The number of hydrogen-bond donors (Lipinski definition) is 0. The number of halogens is 6. The maximum atomic E-state index is 11.8. The number of ether oxygens (including phenoxy) is 4. The fourth-order valence-corrected chi connectivity index (χ4v) is 1.42. The van der Waals surface area contributed by atoms with Crippen LogP contribution in [-0.2, 0) is 18.9 Å². The summed E-state index contributed by atoms with van der Waals surface area (Å²) in [5, 5.41) is 0. The van der Waals surface area contributed by atoms with Crippen molar-refractivity contribution in [2.75, 3.05) is 6.79 Å². The average molecular weight is 326 g/mol. The molecule has 2 heterocycles. The van der Waals surface area contributed by atoms with Crippen molar-refractivity contribution in [2.45, 2.75) is 50.6 Å². The third-order valence-corrected chi connectivity index (χ3v) is 2.64. The topological polar surface area (TPSA) is 54.0 Å². The molecule has 0 N–H and O–H groups in total. The molecule has 0 spiro atoms. The first-order chi connectivity index (χ1) is 9.43. The van der Waals surface area contributed by atoms with E-state index in [4.69, 9.17) is 0 Å². The number of cyclic esters (lactones) is 2. The van der Waals surface area contributed by atoms with Gasteiger partial charge in [0, 0.05) is 0 Å². The maximum absolute atomic E-state index is 11.8. The summed E-state index contributed by atoms with van der Waals surface area (Å²) < 4.78 is 87.8. The molecule has 124 valence electrons. The van der Waals surface area contributed by atoms with Gasteiger partial charge >= 0.3 is 18.5 Å². The number of carbonyl (C=O) groups excluding carboxylic acids is 1. The van der Waals surface area contributed by atoms with Crippen molar-refractivity contribution in [1.82, 2.24) is 0 Å². The predicted molar refractivity (Wildman–Crippen MR) is 53.2 cm³/mol. The molecule has 0 aromatic rings. The smallest absolute Gasteiger partial charge is 0.427 e. The van der Waals surface area contributed by atoms with Crippen LogP contribution >= 0.6 is 0 Å². The Bertz CT molecular complexity index is 336. The van der Waals surface area contributed by atoms with Gasteiger partial charge in [-0.3, -0.25) is 0 Å². The zero-order chi connectivity index (χ0) is 16.4. The van der Waals surface area contributed by atoms with Crippen LogP contribution in [0.3, 0.4) is 0 Å². The van der Waals surface area contributed by atoms with Crippen LogP contribution in [-0.4, -0.2) is 49.7 Å². The van der Waals surface area contributed by atoms with Crippen LogP contribution in [0.5, 0.6) is 0 Å². The Morgan fingerprint density at radius 3 is 1.38 bits per heavy atom. The molecule has 2 fully saturated rings. The van der Waals surface area contributed by atoms with Crippen LogP contribution in [0, 0.1) is 0 Å². The Balaban J connectivity index is 0.000000235. The van der Waals surface area contributed by atoms with E-state index in [0.717, 1.165) is 0 Å². The highest BCUT2D eigenvalue weighted by molar-refractivity contribution is 5.62. The summed E-state index contributed by atoms with van der Waals surface area (Å²) in [6.45, 7) is 2.61. The van der Waals surface area contributed by atoms with E-state index >= 15 is 0 Å². The van der Waals surface area contributed by atoms with Gasteiger partial charge in [-0.2, -0.15) is 26.3 Å². The zero-order valence-electron chi connectivity index (χ0n) is 10.8. The minimum absolute atomic E-state index is 0.0810. The quantitative estimate of drug-likeness (QED) is 0.506. The Kier molecular flexibility index (Phi) is 5.31. The summed E-state index contributed by atoms with van der Waals surface area (Å²) >= 11 is 0. The minimum Gasteiger partial charge on any atom is -0.427 e. The summed E-state index contributed by atoms with van der Waals surface area (Å²) in [5.74, 6) is 0. The lowest BCUT2D eigenvalue weighted by atomic mass is 10.2. The molecule has 2 aliphatic rings. The van der Waals surface area contributed by atoms with Crippen LogP contribution in [0.15, 0.2) is 0 Å². The highest BCUT2D eigenvalue weighted by Crippen LogP contribution is 2.38. The van der Waals surface area contributed by atoms with E-state index in [-0.39, 0.29) is 12.2 Å². The zero-order valence-corrected chi connectivity index (χ0v) is 10.8. The van der Waals surface area contributed by atoms with Gasteiger partial charge in [-0.15, -0.1) is 0 Å². The lowest BCUT2D eigenvalue weighted by Crippen LogP contribution is -2.45. The van der Waals surface area contributed by atoms with Gasteiger partial charge in [0.15, 0.2) is 12.2 Å². The predicted octanol–water partition coefficient (Wildman–Crippen LogP) is 2.78. The van der Waals surface area contributed by atoms with Crippen LogP contribution in [0.25, 0.3) is 0 Å². The third-order valence-electron chi connectivity index (χ3n) is 2.64. The normalized spacial score (nSPS) is 33.0. The fraction of sp³-hybridized carbons (Fsp3) is 0.900. The molecule has 4 unspecified atom stereocenters. The Labute approximate surface area is 115 Å². The largest absolute Gasteiger partial charge is 0.509 e. The summed E-state index contributed by atoms with van der Waals surface area (Å²) in [6.07, 6.45) is -16.7. The lowest BCUT2D eigenvalue weighted by molar-refractivity contribution is -0.260. The van der Waals surface area contributed by atoms with Gasteiger partial charge in [-0.1, -0.05) is 0 Å². The number of hydrogen-bond acceptors (Lipinski definition) is 5. The summed E-state index contributed by atoms with van der Waals surface area (Å²) in [7, 11) is 0. The highest BCUT2D eigenvalue weighted by Gasteiger charge is 2.60. The van der Waals surface area contributed by atoms with Crippen molar-refractivity contribution in [1.29, 1.82) is 0 Å². The van der Waals surface area contributed by atoms with E-state index in [9.17, 15) is 31.1 Å². The van der Waals surface area contributed by atoms with Crippen LogP contribution < -0.4 is 0 Å². The number of alkyl halides is 6. The van der Waals surface area contributed by atoms with E-state index in [2.05, 4.69) is 18.9 Å². The lowest BCUT2D eigenvalue weighted by Gasteiger charge is -2.21. The molecule has 0 bridgehead atoms. The van der Waals surface area contributed by atoms with Crippen molar-refractivity contribution in [3.8, 4) is 0 Å².